The first-order valence-corrected chi connectivity index (χ1v) is 12.6. The van der Waals surface area contributed by atoms with E-state index in [-0.39, 0.29) is 22.2 Å². The number of carbonyl (C=O) groups is 3. The Morgan fingerprint density at radius 2 is 1.59 bits per heavy atom. The van der Waals surface area contributed by atoms with Gasteiger partial charge >= 0.3 is 5.97 Å². The Balaban J connectivity index is 1.81. The Kier molecular flexibility index (Phi) is 9.84. The van der Waals surface area contributed by atoms with Gasteiger partial charge in [-0.05, 0) is 16.5 Å². The van der Waals surface area contributed by atoms with Gasteiger partial charge in [-0.25, -0.2) is 4.79 Å². The number of thioether (sulfide) groups is 2. The molecule has 1 amide bonds. The first kappa shape index (κ1) is 26.0. The SMILES string of the molecule is CC(CSC(=O)c1ccccc1)C(=O)N[C@@H](CSCc1ccc(C(C)(C)C)cc1)C(=O)O. The topological polar surface area (TPSA) is 83.5 Å². The van der Waals surface area contributed by atoms with Gasteiger partial charge in [0.2, 0.25) is 11.0 Å². The van der Waals surface area contributed by atoms with Gasteiger partial charge in [-0.15, -0.1) is 0 Å². The molecule has 172 valence electrons. The molecule has 0 bridgehead atoms. The van der Waals surface area contributed by atoms with Crippen LogP contribution in [-0.2, 0) is 20.8 Å². The van der Waals surface area contributed by atoms with Crippen LogP contribution in [0.1, 0.15) is 49.2 Å². The maximum absolute atomic E-state index is 12.5. The van der Waals surface area contributed by atoms with E-state index in [0.29, 0.717) is 17.1 Å². The molecule has 5 nitrogen and oxygen atoms in total. The molecule has 7 heteroatoms. The second kappa shape index (κ2) is 12.1. The van der Waals surface area contributed by atoms with E-state index in [1.807, 2.05) is 6.07 Å². The number of aliphatic carboxylic acids is 1. The Hall–Kier alpha value is -2.25. The van der Waals surface area contributed by atoms with Crippen LogP contribution < -0.4 is 5.32 Å². The van der Waals surface area contributed by atoms with Crippen molar-refractivity contribution >= 4 is 40.5 Å². The van der Waals surface area contributed by atoms with Crippen molar-refractivity contribution in [2.24, 2.45) is 5.92 Å². The zero-order valence-electron chi connectivity index (χ0n) is 19.0. The Labute approximate surface area is 198 Å². The number of carboxylic acid groups (broad SMARTS) is 1. The number of hydrogen-bond acceptors (Lipinski definition) is 5. The van der Waals surface area contributed by atoms with Gasteiger partial charge in [-0.3, -0.25) is 9.59 Å². The smallest absolute Gasteiger partial charge is 0.327 e. The molecule has 0 saturated heterocycles. The van der Waals surface area contributed by atoms with Gasteiger partial charge in [0, 0.05) is 28.7 Å². The standard InChI is InChI=1S/C25H31NO4S2/c1-17(14-32-24(30)19-8-6-5-7-9-19)22(27)26-21(23(28)29)16-31-15-18-10-12-20(13-11-18)25(2,3)4/h5-13,17,21H,14-16H2,1-4H3,(H,26,27)(H,28,29)/t17?,21-/m0/s1. The second-order valence-corrected chi connectivity index (χ2v) is 10.8. The molecule has 0 aromatic heterocycles. The average Bonchev–Trinajstić information content (AvgIpc) is 2.76. The van der Waals surface area contributed by atoms with Gasteiger partial charge in [-0.1, -0.05) is 94.1 Å². The first-order chi connectivity index (χ1) is 15.1. The molecule has 0 spiro atoms. The molecular formula is C25H31NO4S2. The highest BCUT2D eigenvalue weighted by atomic mass is 32.2. The third kappa shape index (κ3) is 8.36. The fourth-order valence-electron chi connectivity index (χ4n) is 2.82. The summed E-state index contributed by atoms with van der Waals surface area (Å²) in [5, 5.41) is 12.0. The highest BCUT2D eigenvalue weighted by Crippen LogP contribution is 2.23. The largest absolute Gasteiger partial charge is 0.480 e. The molecule has 0 aliphatic carbocycles. The number of benzene rings is 2. The van der Waals surface area contributed by atoms with E-state index >= 15 is 0 Å². The summed E-state index contributed by atoms with van der Waals surface area (Å²) >= 11 is 2.54. The molecule has 0 heterocycles. The monoisotopic (exact) mass is 473 g/mol. The summed E-state index contributed by atoms with van der Waals surface area (Å²) in [5.74, 6) is -0.676. The highest BCUT2D eigenvalue weighted by molar-refractivity contribution is 8.14. The number of amides is 1. The van der Waals surface area contributed by atoms with Crippen molar-refractivity contribution in [1.82, 2.24) is 5.32 Å². The third-order valence-corrected chi connectivity index (χ3v) is 7.18. The minimum Gasteiger partial charge on any atom is -0.480 e. The normalized spacial score (nSPS) is 13.2. The second-order valence-electron chi connectivity index (χ2n) is 8.73. The van der Waals surface area contributed by atoms with Crippen LogP contribution in [0.2, 0.25) is 0 Å². The van der Waals surface area contributed by atoms with Crippen LogP contribution in [0.15, 0.2) is 54.6 Å². The molecule has 2 rings (SSSR count). The van der Waals surface area contributed by atoms with Gasteiger partial charge in [0.15, 0.2) is 0 Å². The van der Waals surface area contributed by atoms with Gasteiger partial charge in [0.1, 0.15) is 6.04 Å². The molecule has 0 aliphatic heterocycles. The minimum absolute atomic E-state index is 0.0883. The minimum atomic E-state index is -1.06. The van der Waals surface area contributed by atoms with Crippen LogP contribution >= 0.6 is 23.5 Å². The van der Waals surface area contributed by atoms with Crippen LogP contribution in [0.3, 0.4) is 0 Å². The zero-order valence-corrected chi connectivity index (χ0v) is 20.6. The lowest BCUT2D eigenvalue weighted by Crippen LogP contribution is -2.45. The molecule has 0 fully saturated rings. The van der Waals surface area contributed by atoms with Gasteiger partial charge in [-0.2, -0.15) is 11.8 Å². The van der Waals surface area contributed by atoms with Crippen molar-refractivity contribution < 1.29 is 19.5 Å². The lowest BCUT2D eigenvalue weighted by atomic mass is 9.87. The van der Waals surface area contributed by atoms with Crippen molar-refractivity contribution in [2.45, 2.75) is 44.9 Å². The highest BCUT2D eigenvalue weighted by Gasteiger charge is 2.24. The molecule has 0 saturated carbocycles. The Bertz CT molecular complexity index is 908. The first-order valence-electron chi connectivity index (χ1n) is 10.5. The Morgan fingerprint density at radius 3 is 2.16 bits per heavy atom. The quantitative estimate of drug-likeness (QED) is 0.505. The van der Waals surface area contributed by atoms with Crippen LogP contribution in [-0.4, -0.2) is 39.6 Å². The van der Waals surface area contributed by atoms with E-state index in [2.05, 4.69) is 50.4 Å². The van der Waals surface area contributed by atoms with E-state index in [1.54, 1.807) is 31.2 Å². The predicted molar refractivity (Wildman–Crippen MR) is 133 cm³/mol. The van der Waals surface area contributed by atoms with Crippen molar-refractivity contribution in [3.05, 3.63) is 71.3 Å². The molecular weight excluding hydrogens is 442 g/mol. The molecule has 2 aromatic carbocycles. The van der Waals surface area contributed by atoms with Crippen LogP contribution in [0, 0.1) is 5.92 Å². The summed E-state index contributed by atoms with van der Waals surface area (Å²) in [7, 11) is 0. The number of rotatable bonds is 10. The summed E-state index contributed by atoms with van der Waals surface area (Å²) in [5.41, 5.74) is 3.04. The van der Waals surface area contributed by atoms with E-state index in [4.69, 9.17) is 0 Å². The molecule has 2 N–H and O–H groups in total. The summed E-state index contributed by atoms with van der Waals surface area (Å²) < 4.78 is 0. The summed E-state index contributed by atoms with van der Waals surface area (Å²) in [6, 6.07) is 16.2. The van der Waals surface area contributed by atoms with E-state index in [9.17, 15) is 19.5 Å². The Morgan fingerprint density at radius 1 is 0.969 bits per heavy atom. The fourth-order valence-corrected chi connectivity index (χ4v) is 4.68. The van der Waals surface area contributed by atoms with Gasteiger partial charge < -0.3 is 10.4 Å². The van der Waals surface area contributed by atoms with Gasteiger partial charge in [0.25, 0.3) is 0 Å². The maximum atomic E-state index is 12.5. The summed E-state index contributed by atoms with van der Waals surface area (Å²) in [6.07, 6.45) is 0. The molecule has 32 heavy (non-hydrogen) atoms. The molecule has 2 atom stereocenters. The number of carboxylic acids is 1. The lowest BCUT2D eigenvalue weighted by Gasteiger charge is -2.19. The average molecular weight is 474 g/mol. The summed E-state index contributed by atoms with van der Waals surface area (Å²) in [4.78, 5) is 36.3. The molecule has 0 radical (unpaired) electrons. The maximum Gasteiger partial charge on any atom is 0.327 e. The number of carbonyl (C=O) groups excluding carboxylic acids is 2. The van der Waals surface area contributed by atoms with Crippen molar-refractivity contribution in [1.29, 1.82) is 0 Å². The molecule has 2 aromatic rings. The third-order valence-electron chi connectivity index (χ3n) is 4.91. The summed E-state index contributed by atoms with van der Waals surface area (Å²) in [6.45, 7) is 8.18. The van der Waals surface area contributed by atoms with Crippen LogP contribution in [0.4, 0.5) is 0 Å². The van der Waals surface area contributed by atoms with Gasteiger partial charge in [0.05, 0.1) is 0 Å². The fraction of sp³-hybridized carbons (Fsp3) is 0.400. The molecule has 0 aliphatic rings. The van der Waals surface area contributed by atoms with Crippen LogP contribution in [0.25, 0.3) is 0 Å². The number of hydrogen-bond donors (Lipinski definition) is 2. The number of nitrogens with one attached hydrogen (secondary N) is 1. The lowest BCUT2D eigenvalue weighted by molar-refractivity contribution is -0.141. The van der Waals surface area contributed by atoms with E-state index < -0.39 is 17.9 Å². The van der Waals surface area contributed by atoms with E-state index in [1.165, 1.54) is 17.3 Å². The van der Waals surface area contributed by atoms with Crippen molar-refractivity contribution in [2.75, 3.05) is 11.5 Å². The van der Waals surface area contributed by atoms with Crippen molar-refractivity contribution in [3.8, 4) is 0 Å². The van der Waals surface area contributed by atoms with Crippen molar-refractivity contribution in [3.63, 3.8) is 0 Å². The predicted octanol–water partition coefficient (Wildman–Crippen LogP) is 5.00. The zero-order chi connectivity index (χ0) is 23.7. The van der Waals surface area contributed by atoms with Crippen LogP contribution in [0.5, 0.6) is 0 Å². The van der Waals surface area contributed by atoms with E-state index in [0.717, 1.165) is 17.3 Å². The molecule has 1 unspecified atom stereocenters.